The van der Waals surface area contributed by atoms with Crippen molar-refractivity contribution in [2.24, 2.45) is 13.0 Å². The zero-order valence-electron chi connectivity index (χ0n) is 24.6. The number of piperidine rings is 1. The highest BCUT2D eigenvalue weighted by molar-refractivity contribution is 7.98. The van der Waals surface area contributed by atoms with Gasteiger partial charge in [-0.1, -0.05) is 6.92 Å². The average molecular weight is 587 g/mol. The molecule has 11 heteroatoms. The van der Waals surface area contributed by atoms with Crippen molar-refractivity contribution in [3.05, 3.63) is 58.7 Å². The van der Waals surface area contributed by atoms with Crippen LogP contribution in [-0.2, 0) is 36.7 Å². The number of ether oxygens (including phenoxy) is 1. The van der Waals surface area contributed by atoms with Crippen molar-refractivity contribution in [3.8, 4) is 6.07 Å². The van der Waals surface area contributed by atoms with Gasteiger partial charge in [0.2, 0.25) is 0 Å². The minimum atomic E-state index is -0.303. The number of fused-ring (bicyclic) bond motifs is 1. The summed E-state index contributed by atoms with van der Waals surface area (Å²) in [6.45, 7) is 7.44. The number of hydrogen-bond donors (Lipinski definition) is 1. The van der Waals surface area contributed by atoms with E-state index in [4.69, 9.17) is 15.0 Å². The molecular weight excluding hydrogens is 548 g/mol. The highest BCUT2D eigenvalue weighted by atomic mass is 32.2. The van der Waals surface area contributed by atoms with Crippen LogP contribution in [0.3, 0.4) is 0 Å². The highest BCUT2D eigenvalue weighted by Gasteiger charge is 2.43. The second-order valence-electron chi connectivity index (χ2n) is 11.9. The molecule has 220 valence electrons. The van der Waals surface area contributed by atoms with E-state index in [1.54, 1.807) is 23.0 Å². The number of carbonyl (C=O) groups excluding carboxylic acids is 1. The number of aryl methyl sites for hydroxylation is 1. The predicted molar refractivity (Wildman–Crippen MR) is 163 cm³/mol. The monoisotopic (exact) mass is 586 g/mol. The fourth-order valence-electron chi connectivity index (χ4n) is 6.37. The van der Waals surface area contributed by atoms with Crippen LogP contribution in [0.25, 0.3) is 0 Å². The van der Waals surface area contributed by atoms with Crippen molar-refractivity contribution in [2.75, 3.05) is 49.3 Å². The molecule has 0 saturated carbocycles. The molecule has 0 unspecified atom stereocenters. The fraction of sp³-hybridized carbons (Fsp3) is 0.516. The molecule has 0 bridgehead atoms. The van der Waals surface area contributed by atoms with Crippen LogP contribution in [-0.4, -0.2) is 69.7 Å². The first kappa shape index (κ1) is 28.6. The molecule has 3 aliphatic heterocycles. The van der Waals surface area contributed by atoms with Crippen LogP contribution in [0.15, 0.2) is 35.5 Å². The number of nitrogens with one attached hydrogen (secondary N) is 1. The van der Waals surface area contributed by atoms with Crippen molar-refractivity contribution in [3.63, 3.8) is 0 Å². The molecule has 2 aromatic heterocycles. The van der Waals surface area contributed by atoms with Gasteiger partial charge < -0.3 is 14.6 Å². The summed E-state index contributed by atoms with van der Waals surface area (Å²) in [7, 11) is 1.94. The first-order valence-electron chi connectivity index (χ1n) is 14.7. The summed E-state index contributed by atoms with van der Waals surface area (Å²) in [5, 5.41) is 20.8. The Morgan fingerprint density at radius 1 is 1.26 bits per heavy atom. The fourth-order valence-corrected chi connectivity index (χ4v) is 7.06. The molecule has 1 aromatic carbocycles. The van der Waals surface area contributed by atoms with Gasteiger partial charge in [0.15, 0.2) is 0 Å². The summed E-state index contributed by atoms with van der Waals surface area (Å²) < 4.78 is 7.67. The Bertz CT molecular complexity index is 1510. The maximum atomic E-state index is 14.0. The van der Waals surface area contributed by atoms with Crippen LogP contribution in [0.2, 0.25) is 0 Å². The number of aromatic nitrogens is 4. The summed E-state index contributed by atoms with van der Waals surface area (Å²) in [5.41, 5.74) is 3.76. The Morgan fingerprint density at radius 2 is 2.12 bits per heavy atom. The Balaban J connectivity index is 1.33. The summed E-state index contributed by atoms with van der Waals surface area (Å²) in [6.07, 6.45) is 7.32. The molecule has 5 heterocycles. The van der Waals surface area contributed by atoms with Crippen molar-refractivity contribution < 1.29 is 9.53 Å². The van der Waals surface area contributed by atoms with Crippen LogP contribution < -0.4 is 10.2 Å². The van der Waals surface area contributed by atoms with Gasteiger partial charge in [-0.15, -0.1) is 22.0 Å². The molecule has 1 N–H and O–H groups in total. The van der Waals surface area contributed by atoms with Gasteiger partial charge in [0.1, 0.15) is 23.8 Å². The molecular formula is C31H38N8O2S. The van der Waals surface area contributed by atoms with Gasteiger partial charge in [-0.25, -0.2) is 4.98 Å². The molecule has 0 radical (unpaired) electrons. The van der Waals surface area contributed by atoms with Crippen LogP contribution in [0, 0.1) is 17.2 Å². The van der Waals surface area contributed by atoms with Crippen molar-refractivity contribution in [1.82, 2.24) is 24.6 Å². The average Bonchev–Trinajstić information content (AvgIpc) is 3.52. The smallest absolute Gasteiger partial charge is 0.260 e. The lowest BCUT2D eigenvalue weighted by Crippen LogP contribution is -2.49. The van der Waals surface area contributed by atoms with Crippen LogP contribution >= 0.6 is 11.8 Å². The lowest BCUT2D eigenvalue weighted by Gasteiger charge is -2.42. The Kier molecular flexibility index (Phi) is 8.21. The molecule has 3 aromatic rings. The van der Waals surface area contributed by atoms with E-state index in [1.807, 2.05) is 23.7 Å². The number of pyridine rings is 1. The van der Waals surface area contributed by atoms with Crippen LogP contribution in [0.5, 0.6) is 0 Å². The van der Waals surface area contributed by atoms with Crippen molar-refractivity contribution in [1.29, 1.82) is 5.26 Å². The third-order valence-corrected chi connectivity index (χ3v) is 9.53. The molecule has 6 rings (SSSR count). The van der Waals surface area contributed by atoms with Crippen molar-refractivity contribution >= 4 is 29.3 Å². The number of amides is 1. The molecule has 1 atom stereocenters. The van der Waals surface area contributed by atoms with E-state index in [0.29, 0.717) is 56.7 Å². The zero-order chi connectivity index (χ0) is 29.3. The molecule has 1 amide bonds. The van der Waals surface area contributed by atoms with E-state index >= 15 is 0 Å². The topological polar surface area (TPSA) is 112 Å². The second-order valence-corrected chi connectivity index (χ2v) is 12.8. The SMILES string of the molecule is CSc1cc(CN2CCC[C@H](C)C2)cc2c1CN(c1cc(C3(Cc4nncn4C)COC3)cc(NCCC#N)n1)C2=O. The predicted octanol–water partition coefficient (Wildman–Crippen LogP) is 4.16. The number of hydrogen-bond acceptors (Lipinski definition) is 9. The van der Waals surface area contributed by atoms with Crippen molar-refractivity contribution in [2.45, 2.75) is 56.0 Å². The number of nitriles is 1. The minimum absolute atomic E-state index is 0.0194. The van der Waals surface area contributed by atoms with E-state index in [1.165, 1.54) is 18.4 Å². The molecule has 10 nitrogen and oxygen atoms in total. The van der Waals surface area contributed by atoms with Gasteiger partial charge in [0, 0.05) is 49.0 Å². The second kappa shape index (κ2) is 12.0. The summed E-state index contributed by atoms with van der Waals surface area (Å²) in [5.74, 6) is 2.82. The summed E-state index contributed by atoms with van der Waals surface area (Å²) in [4.78, 5) is 24.4. The van der Waals surface area contributed by atoms with E-state index in [2.05, 4.69) is 51.8 Å². The maximum Gasteiger partial charge on any atom is 0.260 e. The summed E-state index contributed by atoms with van der Waals surface area (Å²) in [6, 6.07) is 10.6. The quantitative estimate of drug-likeness (QED) is 0.276. The van der Waals surface area contributed by atoms with E-state index in [-0.39, 0.29) is 11.3 Å². The number of likely N-dealkylation sites (tertiary alicyclic amines) is 1. The molecule has 2 saturated heterocycles. The number of thioether (sulfide) groups is 1. The van der Waals surface area contributed by atoms with Crippen LogP contribution in [0.1, 0.15) is 59.1 Å². The number of rotatable bonds is 10. The van der Waals surface area contributed by atoms with E-state index in [9.17, 15) is 4.79 Å². The Morgan fingerprint density at radius 3 is 2.81 bits per heavy atom. The molecule has 3 aliphatic rings. The first-order chi connectivity index (χ1) is 20.4. The van der Waals surface area contributed by atoms with Crippen LogP contribution in [0.4, 0.5) is 11.6 Å². The number of anilines is 2. The Hall–Kier alpha value is -3.46. The lowest BCUT2D eigenvalue weighted by atomic mass is 9.75. The van der Waals surface area contributed by atoms with Gasteiger partial charge in [-0.2, -0.15) is 5.26 Å². The normalized spacial score (nSPS) is 19.8. The number of benzene rings is 1. The van der Waals surface area contributed by atoms with E-state index < -0.39 is 0 Å². The standard InChI is InChI=1S/C31H38N8O2S/c1-21-6-4-9-38(15-21)16-22-10-24-25(26(11-22)42-3)17-39(30(24)40)28-13-23(12-27(35-28)33-8-5-7-32)31(18-41-19-31)14-29-36-34-20-37(29)2/h10-13,20-21H,4-6,8-9,14-19H2,1-3H3,(H,33,35)/t21-/m0/s1. The zero-order valence-corrected chi connectivity index (χ0v) is 25.4. The molecule has 0 aliphatic carbocycles. The Labute approximate surface area is 251 Å². The molecule has 2 fully saturated rings. The molecule has 0 spiro atoms. The number of carbonyl (C=O) groups is 1. The van der Waals surface area contributed by atoms with Gasteiger partial charge >= 0.3 is 0 Å². The maximum absolute atomic E-state index is 14.0. The largest absolute Gasteiger partial charge is 0.379 e. The van der Waals surface area contributed by atoms with Gasteiger partial charge in [0.05, 0.1) is 32.2 Å². The third-order valence-electron chi connectivity index (χ3n) is 8.73. The van der Waals surface area contributed by atoms with Gasteiger partial charge in [-0.3, -0.25) is 14.6 Å². The minimum Gasteiger partial charge on any atom is -0.379 e. The molecule has 42 heavy (non-hydrogen) atoms. The van der Waals surface area contributed by atoms with Gasteiger partial charge in [0.25, 0.3) is 5.91 Å². The summed E-state index contributed by atoms with van der Waals surface area (Å²) >= 11 is 1.70. The number of nitrogens with zero attached hydrogens (tertiary/aromatic N) is 7. The van der Waals surface area contributed by atoms with Gasteiger partial charge in [-0.05, 0) is 72.5 Å². The van der Waals surface area contributed by atoms with E-state index in [0.717, 1.165) is 47.0 Å². The highest BCUT2D eigenvalue weighted by Crippen LogP contribution is 2.40. The first-order valence-corrected chi connectivity index (χ1v) is 15.9. The lowest BCUT2D eigenvalue weighted by molar-refractivity contribution is -0.0611. The third kappa shape index (κ3) is 5.63.